The fraction of sp³-hybridized carbons (Fsp3) is 0.533. The van der Waals surface area contributed by atoms with Gasteiger partial charge in [-0.3, -0.25) is 4.90 Å². The Balaban J connectivity index is 2.22. The van der Waals surface area contributed by atoms with Crippen LogP contribution in [0.2, 0.25) is 0 Å². The lowest BCUT2D eigenvalue weighted by atomic mass is 9.89. The Kier molecular flexibility index (Phi) is 4.75. The molecule has 1 saturated heterocycles. The van der Waals surface area contributed by atoms with Gasteiger partial charge in [-0.2, -0.15) is 0 Å². The molecule has 0 bridgehead atoms. The topological polar surface area (TPSA) is 55.8 Å². The largest absolute Gasteiger partial charge is 0.480 e. The number of carboxylic acid groups (broad SMARTS) is 1. The van der Waals surface area contributed by atoms with Gasteiger partial charge >= 0.3 is 5.97 Å². The van der Waals surface area contributed by atoms with Crippen LogP contribution in [0, 0.1) is 0 Å². The van der Waals surface area contributed by atoms with Crippen molar-refractivity contribution in [3.05, 3.63) is 35.9 Å². The Bertz CT molecular complexity index is 444. The number of piperazine rings is 1. The van der Waals surface area contributed by atoms with Crippen LogP contribution in [0.15, 0.2) is 30.3 Å². The molecule has 1 fully saturated rings. The molecule has 2 rings (SSSR count). The van der Waals surface area contributed by atoms with Crippen LogP contribution in [0.5, 0.6) is 0 Å². The summed E-state index contributed by atoms with van der Waals surface area (Å²) in [4.78, 5) is 16.4. The van der Waals surface area contributed by atoms with Crippen molar-refractivity contribution in [3.63, 3.8) is 0 Å². The second kappa shape index (κ2) is 6.35. The van der Waals surface area contributed by atoms with Crippen molar-refractivity contribution < 1.29 is 9.90 Å². The first kappa shape index (κ1) is 15.0. The zero-order valence-electron chi connectivity index (χ0n) is 12.2. The number of hydrogen-bond donors (Lipinski definition) is 2. The summed E-state index contributed by atoms with van der Waals surface area (Å²) in [6.07, 6.45) is 0. The van der Waals surface area contributed by atoms with E-state index in [1.165, 1.54) is 0 Å². The number of carboxylic acids is 1. The molecule has 20 heavy (non-hydrogen) atoms. The van der Waals surface area contributed by atoms with Crippen LogP contribution >= 0.6 is 0 Å². The monoisotopic (exact) mass is 277 g/mol. The number of rotatable bonds is 5. The SMILES string of the molecule is CNC(CN1CCN(C)CC1)(C(=O)O)c1ccccc1. The predicted octanol–water partition coefficient (Wildman–Crippen LogP) is 0.433. The molecule has 0 spiro atoms. The van der Waals surface area contributed by atoms with Crippen LogP contribution in [0.1, 0.15) is 5.56 Å². The summed E-state index contributed by atoms with van der Waals surface area (Å²) in [6, 6.07) is 9.42. The van der Waals surface area contributed by atoms with Crippen molar-refractivity contribution in [1.82, 2.24) is 15.1 Å². The van der Waals surface area contributed by atoms with Crippen molar-refractivity contribution in [3.8, 4) is 0 Å². The van der Waals surface area contributed by atoms with Gasteiger partial charge in [0.25, 0.3) is 0 Å². The number of carbonyl (C=O) groups is 1. The molecule has 0 saturated carbocycles. The maximum absolute atomic E-state index is 11.9. The highest BCUT2D eigenvalue weighted by molar-refractivity contribution is 5.81. The van der Waals surface area contributed by atoms with Crippen LogP contribution in [0.25, 0.3) is 0 Å². The minimum atomic E-state index is -1.04. The first-order valence-electron chi connectivity index (χ1n) is 6.97. The van der Waals surface area contributed by atoms with Gasteiger partial charge in [0.1, 0.15) is 0 Å². The van der Waals surface area contributed by atoms with E-state index < -0.39 is 11.5 Å². The lowest BCUT2D eigenvalue weighted by Crippen LogP contribution is -2.58. The van der Waals surface area contributed by atoms with Gasteiger partial charge in [-0.1, -0.05) is 30.3 Å². The minimum Gasteiger partial charge on any atom is -0.480 e. The molecule has 2 N–H and O–H groups in total. The average molecular weight is 277 g/mol. The van der Waals surface area contributed by atoms with Crippen LogP contribution in [0.3, 0.4) is 0 Å². The van der Waals surface area contributed by atoms with Crippen LogP contribution < -0.4 is 5.32 Å². The quantitative estimate of drug-likeness (QED) is 0.817. The summed E-state index contributed by atoms with van der Waals surface area (Å²) in [6.45, 7) is 4.25. The van der Waals surface area contributed by atoms with E-state index in [4.69, 9.17) is 0 Å². The molecule has 0 aliphatic carbocycles. The van der Waals surface area contributed by atoms with Crippen molar-refractivity contribution in [2.75, 3.05) is 46.8 Å². The molecular formula is C15H23N3O2. The lowest BCUT2D eigenvalue weighted by molar-refractivity contribution is -0.146. The van der Waals surface area contributed by atoms with Gasteiger partial charge in [-0.05, 0) is 19.7 Å². The molecule has 0 radical (unpaired) electrons. The van der Waals surface area contributed by atoms with Gasteiger partial charge < -0.3 is 15.3 Å². The van der Waals surface area contributed by atoms with E-state index in [1.807, 2.05) is 30.3 Å². The summed E-state index contributed by atoms with van der Waals surface area (Å²) in [5.41, 5.74) is -0.245. The smallest absolute Gasteiger partial charge is 0.329 e. The summed E-state index contributed by atoms with van der Waals surface area (Å²) in [5, 5.41) is 12.8. The molecule has 1 aliphatic heterocycles. The van der Waals surface area contributed by atoms with E-state index in [0.29, 0.717) is 6.54 Å². The number of aliphatic carboxylic acids is 1. The average Bonchev–Trinajstić information content (AvgIpc) is 2.47. The molecule has 1 unspecified atom stereocenters. The zero-order valence-corrected chi connectivity index (χ0v) is 12.2. The lowest BCUT2D eigenvalue weighted by Gasteiger charge is -2.39. The van der Waals surface area contributed by atoms with Gasteiger partial charge in [0.05, 0.1) is 0 Å². The molecule has 1 atom stereocenters. The van der Waals surface area contributed by atoms with Gasteiger partial charge in [0.15, 0.2) is 5.54 Å². The van der Waals surface area contributed by atoms with Crippen LogP contribution in [-0.2, 0) is 10.3 Å². The maximum atomic E-state index is 11.9. The third-order valence-electron chi connectivity index (χ3n) is 4.12. The molecule has 1 heterocycles. The Hall–Kier alpha value is -1.43. The van der Waals surface area contributed by atoms with Gasteiger partial charge in [0, 0.05) is 32.7 Å². The fourth-order valence-electron chi connectivity index (χ4n) is 2.68. The maximum Gasteiger partial charge on any atom is 0.329 e. The van der Waals surface area contributed by atoms with E-state index in [-0.39, 0.29) is 0 Å². The van der Waals surface area contributed by atoms with Gasteiger partial charge in [-0.15, -0.1) is 0 Å². The molecule has 1 aromatic rings. The number of likely N-dealkylation sites (N-methyl/N-ethyl adjacent to an activating group) is 2. The summed E-state index contributed by atoms with van der Waals surface area (Å²) >= 11 is 0. The molecule has 5 nitrogen and oxygen atoms in total. The highest BCUT2D eigenvalue weighted by Gasteiger charge is 2.40. The highest BCUT2D eigenvalue weighted by Crippen LogP contribution is 2.23. The van der Waals surface area contributed by atoms with E-state index >= 15 is 0 Å². The predicted molar refractivity (Wildman–Crippen MR) is 78.8 cm³/mol. The Morgan fingerprint density at radius 2 is 1.85 bits per heavy atom. The Morgan fingerprint density at radius 1 is 1.25 bits per heavy atom. The third kappa shape index (κ3) is 3.00. The summed E-state index contributed by atoms with van der Waals surface area (Å²) < 4.78 is 0. The molecule has 0 aromatic heterocycles. The first-order chi connectivity index (χ1) is 9.58. The zero-order chi connectivity index (χ0) is 14.6. The third-order valence-corrected chi connectivity index (χ3v) is 4.12. The van der Waals surface area contributed by atoms with Crippen molar-refractivity contribution in [2.45, 2.75) is 5.54 Å². The van der Waals surface area contributed by atoms with Crippen LogP contribution in [0.4, 0.5) is 0 Å². The number of nitrogens with zero attached hydrogens (tertiary/aromatic N) is 2. The fourth-order valence-corrected chi connectivity index (χ4v) is 2.68. The Labute approximate surface area is 120 Å². The van der Waals surface area contributed by atoms with E-state index in [2.05, 4.69) is 22.2 Å². The van der Waals surface area contributed by atoms with E-state index in [0.717, 1.165) is 31.7 Å². The van der Waals surface area contributed by atoms with Crippen molar-refractivity contribution in [2.24, 2.45) is 0 Å². The number of nitrogens with one attached hydrogen (secondary N) is 1. The van der Waals surface area contributed by atoms with Gasteiger partial charge in [-0.25, -0.2) is 4.79 Å². The van der Waals surface area contributed by atoms with Crippen LogP contribution in [-0.4, -0.2) is 67.7 Å². The van der Waals surface area contributed by atoms with Crippen molar-refractivity contribution in [1.29, 1.82) is 0 Å². The second-order valence-electron chi connectivity index (χ2n) is 5.41. The Morgan fingerprint density at radius 3 is 2.35 bits per heavy atom. The van der Waals surface area contributed by atoms with Crippen molar-refractivity contribution >= 4 is 5.97 Å². The molecule has 1 aliphatic rings. The number of hydrogen-bond acceptors (Lipinski definition) is 4. The minimum absolute atomic E-state index is 0.483. The normalized spacial score (nSPS) is 20.5. The van der Waals surface area contributed by atoms with E-state index in [9.17, 15) is 9.90 Å². The van der Waals surface area contributed by atoms with Gasteiger partial charge in [0.2, 0.25) is 0 Å². The summed E-state index contributed by atoms with van der Waals surface area (Å²) in [5.74, 6) is -0.829. The molecule has 0 amide bonds. The second-order valence-corrected chi connectivity index (χ2v) is 5.41. The molecule has 110 valence electrons. The highest BCUT2D eigenvalue weighted by atomic mass is 16.4. The number of benzene rings is 1. The molecule has 1 aromatic carbocycles. The molecule has 5 heteroatoms. The summed E-state index contributed by atoms with van der Waals surface area (Å²) in [7, 11) is 3.81. The first-order valence-corrected chi connectivity index (χ1v) is 6.97. The molecular weight excluding hydrogens is 254 g/mol. The standard InChI is InChI=1S/C15H23N3O2/c1-16-15(14(19)20,13-6-4-3-5-7-13)12-18-10-8-17(2)9-11-18/h3-7,16H,8-12H2,1-2H3,(H,19,20). The van der Waals surface area contributed by atoms with E-state index in [1.54, 1.807) is 7.05 Å².